The maximum absolute atomic E-state index is 11.9. The molecule has 0 aromatic carbocycles. The summed E-state index contributed by atoms with van der Waals surface area (Å²) >= 11 is -4.69. The van der Waals surface area contributed by atoms with Gasteiger partial charge in [-0.05, 0) is 0 Å². The average Bonchev–Trinajstić information content (AvgIpc) is 2.38. The summed E-state index contributed by atoms with van der Waals surface area (Å²) in [4.78, 5) is 23.7. The Kier molecular flexibility index (Phi) is 11.1. The van der Waals surface area contributed by atoms with Gasteiger partial charge in [-0.1, -0.05) is 0 Å². The predicted octanol–water partition coefficient (Wildman–Crippen LogP) is 3.72. The Morgan fingerprint density at radius 1 is 0.636 bits per heavy atom. The normalized spacial score (nSPS) is 12.5. The summed E-state index contributed by atoms with van der Waals surface area (Å²) in [6.07, 6.45) is 2.47. The molecule has 0 spiro atoms. The second-order valence-corrected chi connectivity index (χ2v) is 29.0. The van der Waals surface area contributed by atoms with E-state index in [0.717, 1.165) is 0 Å². The van der Waals surface area contributed by atoms with Crippen LogP contribution in [0.2, 0.25) is 15.7 Å². The number of rotatable bonds is 8. The summed E-state index contributed by atoms with van der Waals surface area (Å²) in [7, 11) is 0. The molecular weight excluding hydrogens is 494 g/mol. The Balaban J connectivity index is 4.57. The van der Waals surface area contributed by atoms with Crippen LogP contribution in [0.3, 0.4) is 0 Å². The van der Waals surface area contributed by atoms with Crippen LogP contribution in [0.5, 0.6) is 0 Å². The molecule has 0 saturated heterocycles. The van der Waals surface area contributed by atoms with Crippen LogP contribution >= 0.6 is 0 Å². The van der Waals surface area contributed by atoms with E-state index in [4.69, 9.17) is 6.15 Å². The molecule has 0 unspecified atom stereocenters. The summed E-state index contributed by atoms with van der Waals surface area (Å²) in [5, 5.41) is 0. The van der Waals surface area contributed by atoms with Crippen LogP contribution in [0.25, 0.3) is 0 Å². The van der Waals surface area contributed by atoms with E-state index in [-0.39, 0.29) is 11.9 Å². The van der Waals surface area contributed by atoms with Crippen LogP contribution in [0, 0.1) is 0 Å². The first-order chi connectivity index (χ1) is 10.1. The molecular formula is C16H32O4Sn2. The second-order valence-electron chi connectivity index (χ2n) is 7.11. The van der Waals surface area contributed by atoms with Crippen molar-refractivity contribution in [2.45, 2.75) is 71.1 Å². The number of carbonyl (C=O) groups is 2. The van der Waals surface area contributed by atoms with Crippen molar-refractivity contribution in [1.82, 2.24) is 0 Å². The molecule has 0 aliphatic heterocycles. The van der Waals surface area contributed by atoms with Crippen LogP contribution in [-0.4, -0.2) is 52.3 Å². The van der Waals surface area contributed by atoms with Crippen molar-refractivity contribution in [2.24, 2.45) is 0 Å². The van der Waals surface area contributed by atoms with Crippen molar-refractivity contribution in [3.05, 3.63) is 12.2 Å². The Morgan fingerprint density at radius 2 is 0.864 bits per heavy atom. The zero-order valence-electron chi connectivity index (χ0n) is 15.3. The topological polar surface area (TPSA) is 52.6 Å². The SMILES string of the molecule is C[CH](C)[SnH]([O]C(=O)/C=C\C(=O)[O][SnH]([CH](C)C)[CH](C)C)[CH](C)C. The molecule has 128 valence electrons. The van der Waals surface area contributed by atoms with Crippen molar-refractivity contribution in [3.8, 4) is 0 Å². The molecule has 4 nitrogen and oxygen atoms in total. The molecule has 0 bridgehead atoms. The van der Waals surface area contributed by atoms with Gasteiger partial charge in [0.05, 0.1) is 0 Å². The van der Waals surface area contributed by atoms with Gasteiger partial charge in [-0.15, -0.1) is 0 Å². The first-order valence-corrected chi connectivity index (χ1v) is 18.5. The van der Waals surface area contributed by atoms with Crippen LogP contribution in [0.4, 0.5) is 0 Å². The first kappa shape index (κ1) is 22.3. The van der Waals surface area contributed by atoms with Gasteiger partial charge in [0.2, 0.25) is 0 Å². The summed E-state index contributed by atoms with van der Waals surface area (Å²) < 4.78 is 13.0. The van der Waals surface area contributed by atoms with Crippen LogP contribution < -0.4 is 0 Å². The van der Waals surface area contributed by atoms with Crippen molar-refractivity contribution < 1.29 is 15.7 Å². The molecule has 6 heteroatoms. The van der Waals surface area contributed by atoms with Crippen molar-refractivity contribution >= 4 is 52.3 Å². The summed E-state index contributed by atoms with van der Waals surface area (Å²) in [6.45, 7) is 16.9. The summed E-state index contributed by atoms with van der Waals surface area (Å²) in [6, 6.07) is 0. The summed E-state index contributed by atoms with van der Waals surface area (Å²) in [5.41, 5.74) is 0. The Morgan fingerprint density at radius 3 is 1.05 bits per heavy atom. The van der Waals surface area contributed by atoms with Crippen molar-refractivity contribution in [2.75, 3.05) is 0 Å². The second kappa shape index (κ2) is 10.9. The quantitative estimate of drug-likeness (QED) is 0.358. The van der Waals surface area contributed by atoms with Crippen molar-refractivity contribution in [1.29, 1.82) is 0 Å². The minimum absolute atomic E-state index is 0.388. The molecule has 0 aromatic rings. The fourth-order valence-electron chi connectivity index (χ4n) is 2.57. The van der Waals surface area contributed by atoms with E-state index in [0.29, 0.717) is 15.7 Å². The van der Waals surface area contributed by atoms with Crippen molar-refractivity contribution in [3.63, 3.8) is 0 Å². The van der Waals surface area contributed by atoms with Crippen LogP contribution in [-0.2, 0) is 15.7 Å². The molecule has 0 radical (unpaired) electrons. The van der Waals surface area contributed by atoms with Gasteiger partial charge in [0, 0.05) is 0 Å². The molecule has 0 N–H and O–H groups in total. The van der Waals surface area contributed by atoms with Gasteiger partial charge < -0.3 is 0 Å². The standard InChI is InChI=1S/C4H4O4.4C3H7.2Sn.2H/c5-3(6)1-2-4(7)8;4*1-3-2;;;;/h1-2H,(H,5,6)(H,7,8);4*3H,1-2H3;;;;/q;;;;;2*+1;;/p-2/b2-1-;;;;;;;;. The first-order valence-electron chi connectivity index (χ1n) is 8.15. The van der Waals surface area contributed by atoms with Gasteiger partial charge >= 0.3 is 151 Å². The van der Waals surface area contributed by atoms with Gasteiger partial charge in [-0.25, -0.2) is 0 Å². The number of hydrogen-bond acceptors (Lipinski definition) is 4. The molecule has 0 atom stereocenters. The predicted molar refractivity (Wildman–Crippen MR) is 96.0 cm³/mol. The Labute approximate surface area is 150 Å². The van der Waals surface area contributed by atoms with E-state index < -0.39 is 40.3 Å². The fourth-order valence-corrected chi connectivity index (χ4v) is 16.4. The third-order valence-corrected chi connectivity index (χ3v) is 21.4. The zero-order valence-corrected chi connectivity index (χ0v) is 21.8. The molecule has 0 aliphatic carbocycles. The van der Waals surface area contributed by atoms with E-state index in [1.54, 1.807) is 0 Å². The molecule has 0 heterocycles. The third kappa shape index (κ3) is 8.79. The molecule has 0 amide bonds. The van der Waals surface area contributed by atoms with Gasteiger partial charge in [0.15, 0.2) is 0 Å². The van der Waals surface area contributed by atoms with E-state index in [9.17, 15) is 9.59 Å². The van der Waals surface area contributed by atoms with E-state index >= 15 is 0 Å². The fraction of sp³-hybridized carbons (Fsp3) is 0.750. The molecule has 22 heavy (non-hydrogen) atoms. The molecule has 0 fully saturated rings. The number of hydrogen-bond donors (Lipinski definition) is 0. The Bertz CT molecular complexity index is 338. The molecule has 0 aromatic heterocycles. The van der Waals surface area contributed by atoms with Gasteiger partial charge in [0.1, 0.15) is 0 Å². The van der Waals surface area contributed by atoms with Gasteiger partial charge in [0.25, 0.3) is 0 Å². The average molecular weight is 526 g/mol. The monoisotopic (exact) mass is 528 g/mol. The maximum atomic E-state index is 11.9. The molecule has 0 aliphatic rings. The molecule has 0 saturated carbocycles. The minimum atomic E-state index is -2.35. The third-order valence-electron chi connectivity index (χ3n) is 3.49. The van der Waals surface area contributed by atoms with E-state index in [1.807, 2.05) is 0 Å². The summed E-state index contributed by atoms with van der Waals surface area (Å²) in [5.74, 6) is -0.776. The van der Waals surface area contributed by atoms with Crippen LogP contribution in [0.15, 0.2) is 12.2 Å². The number of carbonyl (C=O) groups excluding carboxylic acids is 2. The van der Waals surface area contributed by atoms with E-state index in [1.165, 1.54) is 12.2 Å². The zero-order chi connectivity index (χ0) is 17.4. The van der Waals surface area contributed by atoms with E-state index in [2.05, 4.69) is 55.4 Å². The van der Waals surface area contributed by atoms with Gasteiger partial charge in [-0.3, -0.25) is 0 Å². The van der Waals surface area contributed by atoms with Gasteiger partial charge in [-0.2, -0.15) is 0 Å². The molecule has 0 rings (SSSR count). The Hall–Kier alpha value is 0.277. The van der Waals surface area contributed by atoms with Crippen LogP contribution in [0.1, 0.15) is 55.4 Å².